The Hall–Kier alpha value is -2.40. The number of halogens is 1. The third-order valence-corrected chi connectivity index (χ3v) is 4.20. The largest absolute Gasteiger partial charge is 0.493 e. The lowest BCUT2D eigenvalue weighted by atomic mass is 10.2. The van der Waals surface area contributed by atoms with Gasteiger partial charge in [0.05, 0.1) is 13.7 Å². The van der Waals surface area contributed by atoms with Gasteiger partial charge in [0.1, 0.15) is 5.75 Å². The molecule has 0 spiro atoms. The van der Waals surface area contributed by atoms with E-state index >= 15 is 0 Å². The van der Waals surface area contributed by atoms with Gasteiger partial charge in [0.15, 0.2) is 18.1 Å². The third-order valence-electron chi connectivity index (χ3n) is 3.97. The molecule has 0 unspecified atom stereocenters. The maximum absolute atomic E-state index is 12.0. The van der Waals surface area contributed by atoms with Crippen molar-refractivity contribution in [3.8, 4) is 17.2 Å². The number of aryl methyl sites for hydroxylation is 1. The molecule has 0 saturated carbocycles. The van der Waals surface area contributed by atoms with Gasteiger partial charge in [-0.25, -0.2) is 0 Å². The first-order valence-electron chi connectivity index (χ1n) is 8.98. The highest BCUT2D eigenvalue weighted by molar-refractivity contribution is 6.30. The zero-order valence-corrected chi connectivity index (χ0v) is 16.8. The number of carbonyl (C=O) groups is 1. The van der Waals surface area contributed by atoms with Crippen LogP contribution in [0.25, 0.3) is 0 Å². The van der Waals surface area contributed by atoms with Crippen LogP contribution in [0.3, 0.4) is 0 Å². The van der Waals surface area contributed by atoms with Crippen LogP contribution in [0.15, 0.2) is 36.4 Å². The van der Waals surface area contributed by atoms with Gasteiger partial charge in [-0.15, -0.1) is 0 Å². The molecule has 0 fully saturated rings. The molecule has 1 amide bonds. The molecule has 0 radical (unpaired) electrons. The Morgan fingerprint density at radius 2 is 1.85 bits per heavy atom. The van der Waals surface area contributed by atoms with Crippen LogP contribution < -0.4 is 19.5 Å². The Labute approximate surface area is 165 Å². The first kappa shape index (κ1) is 20.9. The summed E-state index contributed by atoms with van der Waals surface area (Å²) in [6, 6.07) is 10.9. The van der Waals surface area contributed by atoms with Crippen LogP contribution in [0.1, 0.15) is 30.9 Å². The number of rotatable bonds is 10. The minimum absolute atomic E-state index is 0.0577. The summed E-state index contributed by atoms with van der Waals surface area (Å²) >= 11 is 5.91. The summed E-state index contributed by atoms with van der Waals surface area (Å²) < 4.78 is 16.6. The van der Waals surface area contributed by atoms with Crippen molar-refractivity contribution in [2.45, 2.75) is 33.2 Å². The Kier molecular flexibility index (Phi) is 8.27. The normalized spacial score (nSPS) is 10.4. The van der Waals surface area contributed by atoms with Gasteiger partial charge >= 0.3 is 0 Å². The zero-order chi connectivity index (χ0) is 19.6. The highest BCUT2D eigenvalue weighted by atomic mass is 35.5. The minimum atomic E-state index is -0.202. The Balaban J connectivity index is 1.85. The summed E-state index contributed by atoms with van der Waals surface area (Å²) in [5.74, 6) is 1.81. The predicted octanol–water partition coefficient (Wildman–Crippen LogP) is 4.53. The SMILES string of the molecule is CCCCOc1ccc(CNC(=O)COc2ccc(Cl)cc2C)cc1OC. The summed E-state index contributed by atoms with van der Waals surface area (Å²) in [5, 5.41) is 3.48. The van der Waals surface area contributed by atoms with Gasteiger partial charge in [-0.1, -0.05) is 31.0 Å². The molecular formula is C21H26ClNO4. The number of carbonyl (C=O) groups excluding carboxylic acids is 1. The first-order chi connectivity index (χ1) is 13.0. The molecule has 146 valence electrons. The quantitative estimate of drug-likeness (QED) is 0.604. The van der Waals surface area contributed by atoms with Crippen molar-refractivity contribution in [2.24, 2.45) is 0 Å². The molecule has 6 heteroatoms. The van der Waals surface area contributed by atoms with E-state index in [-0.39, 0.29) is 12.5 Å². The fraction of sp³-hybridized carbons (Fsp3) is 0.381. The van der Waals surface area contributed by atoms with E-state index in [1.54, 1.807) is 25.3 Å². The van der Waals surface area contributed by atoms with Crippen LogP contribution in [0.2, 0.25) is 5.02 Å². The number of nitrogens with one attached hydrogen (secondary N) is 1. The number of amides is 1. The second-order valence-electron chi connectivity index (χ2n) is 6.16. The lowest BCUT2D eigenvalue weighted by molar-refractivity contribution is -0.123. The van der Waals surface area contributed by atoms with Gasteiger partial charge in [0.2, 0.25) is 0 Å². The highest BCUT2D eigenvalue weighted by Crippen LogP contribution is 2.28. The summed E-state index contributed by atoms with van der Waals surface area (Å²) in [4.78, 5) is 12.0. The molecule has 0 bridgehead atoms. The molecule has 27 heavy (non-hydrogen) atoms. The number of unbranched alkanes of at least 4 members (excludes halogenated alkanes) is 1. The molecular weight excluding hydrogens is 366 g/mol. The molecule has 2 aromatic rings. The van der Waals surface area contributed by atoms with Gasteiger partial charge in [0.25, 0.3) is 5.91 Å². The van der Waals surface area contributed by atoms with Gasteiger partial charge in [0, 0.05) is 11.6 Å². The molecule has 2 rings (SSSR count). The van der Waals surface area contributed by atoms with Gasteiger partial charge < -0.3 is 19.5 Å². The van der Waals surface area contributed by atoms with E-state index < -0.39 is 0 Å². The number of methoxy groups -OCH3 is 1. The highest BCUT2D eigenvalue weighted by Gasteiger charge is 2.08. The minimum Gasteiger partial charge on any atom is -0.493 e. The average Bonchev–Trinajstić information content (AvgIpc) is 2.66. The van der Waals surface area contributed by atoms with Gasteiger partial charge in [-0.05, 0) is 54.8 Å². The zero-order valence-electron chi connectivity index (χ0n) is 16.0. The number of hydrogen-bond donors (Lipinski definition) is 1. The number of hydrogen-bond acceptors (Lipinski definition) is 4. The molecule has 0 aromatic heterocycles. The molecule has 0 aliphatic heterocycles. The maximum Gasteiger partial charge on any atom is 0.258 e. The van der Waals surface area contributed by atoms with E-state index in [9.17, 15) is 4.79 Å². The first-order valence-corrected chi connectivity index (χ1v) is 9.36. The van der Waals surface area contributed by atoms with Crippen LogP contribution in [-0.4, -0.2) is 26.2 Å². The molecule has 0 saturated heterocycles. The lowest BCUT2D eigenvalue weighted by Crippen LogP contribution is -2.28. The standard InChI is InChI=1S/C21H26ClNO4/c1-4-5-10-26-19-8-6-16(12-20(19)25-3)13-23-21(24)14-27-18-9-7-17(22)11-15(18)2/h6-9,11-12H,4-5,10,13-14H2,1-3H3,(H,23,24). The van der Waals surface area contributed by atoms with E-state index in [0.29, 0.717) is 35.4 Å². The van der Waals surface area contributed by atoms with Crippen molar-refractivity contribution in [1.29, 1.82) is 0 Å². The van der Waals surface area contributed by atoms with Gasteiger partial charge in [-0.2, -0.15) is 0 Å². The predicted molar refractivity (Wildman–Crippen MR) is 107 cm³/mol. The van der Waals surface area contributed by atoms with Crippen LogP contribution in [0.4, 0.5) is 0 Å². The molecule has 0 aliphatic rings. The van der Waals surface area contributed by atoms with E-state index in [4.69, 9.17) is 25.8 Å². The number of ether oxygens (including phenoxy) is 3. The van der Waals surface area contributed by atoms with E-state index in [1.165, 1.54) is 0 Å². The van der Waals surface area contributed by atoms with Crippen molar-refractivity contribution in [2.75, 3.05) is 20.3 Å². The Morgan fingerprint density at radius 3 is 2.56 bits per heavy atom. The lowest BCUT2D eigenvalue weighted by Gasteiger charge is -2.13. The Bertz CT molecular complexity index is 764. The smallest absolute Gasteiger partial charge is 0.258 e. The fourth-order valence-corrected chi connectivity index (χ4v) is 2.66. The van der Waals surface area contributed by atoms with E-state index in [1.807, 2.05) is 25.1 Å². The average molecular weight is 392 g/mol. The van der Waals surface area contributed by atoms with Crippen LogP contribution >= 0.6 is 11.6 Å². The van der Waals surface area contributed by atoms with Crippen molar-refractivity contribution >= 4 is 17.5 Å². The molecule has 0 heterocycles. The maximum atomic E-state index is 12.0. The summed E-state index contributed by atoms with van der Waals surface area (Å²) in [5.41, 5.74) is 1.81. The molecule has 1 N–H and O–H groups in total. The van der Waals surface area contributed by atoms with Crippen LogP contribution in [-0.2, 0) is 11.3 Å². The molecule has 0 aliphatic carbocycles. The van der Waals surface area contributed by atoms with Crippen molar-refractivity contribution in [3.63, 3.8) is 0 Å². The Morgan fingerprint density at radius 1 is 1.07 bits per heavy atom. The fourth-order valence-electron chi connectivity index (χ4n) is 2.44. The summed E-state index contributed by atoms with van der Waals surface area (Å²) in [6.07, 6.45) is 2.07. The topological polar surface area (TPSA) is 56.8 Å². The van der Waals surface area contributed by atoms with Crippen molar-refractivity contribution in [1.82, 2.24) is 5.32 Å². The second kappa shape index (κ2) is 10.7. The van der Waals surface area contributed by atoms with Crippen molar-refractivity contribution < 1.29 is 19.0 Å². The van der Waals surface area contributed by atoms with Gasteiger partial charge in [-0.3, -0.25) is 4.79 Å². The molecule has 5 nitrogen and oxygen atoms in total. The summed E-state index contributed by atoms with van der Waals surface area (Å²) in [6.45, 7) is 4.98. The van der Waals surface area contributed by atoms with Crippen molar-refractivity contribution in [3.05, 3.63) is 52.5 Å². The van der Waals surface area contributed by atoms with Crippen LogP contribution in [0, 0.1) is 6.92 Å². The van der Waals surface area contributed by atoms with E-state index in [2.05, 4.69) is 12.2 Å². The summed E-state index contributed by atoms with van der Waals surface area (Å²) in [7, 11) is 1.60. The molecule has 2 aromatic carbocycles. The van der Waals surface area contributed by atoms with E-state index in [0.717, 1.165) is 24.0 Å². The third kappa shape index (κ3) is 6.68. The monoisotopic (exact) mass is 391 g/mol. The van der Waals surface area contributed by atoms with Crippen LogP contribution in [0.5, 0.6) is 17.2 Å². The molecule has 0 atom stereocenters. The number of benzene rings is 2. The second-order valence-corrected chi connectivity index (χ2v) is 6.60.